The minimum atomic E-state index is -0.0207. The molecule has 2 aromatic rings. The maximum absolute atomic E-state index is 12.0. The van der Waals surface area contributed by atoms with Gasteiger partial charge < -0.3 is 16.0 Å². The highest BCUT2D eigenvalue weighted by Gasteiger charge is 2.09. The van der Waals surface area contributed by atoms with Crippen LogP contribution in [-0.2, 0) is 18.4 Å². The molecule has 0 spiro atoms. The summed E-state index contributed by atoms with van der Waals surface area (Å²) in [5.41, 5.74) is 4.01. The van der Waals surface area contributed by atoms with E-state index in [1.807, 2.05) is 32.5 Å². The molecule has 0 atom stereocenters. The first-order valence-electron chi connectivity index (χ1n) is 9.47. The van der Waals surface area contributed by atoms with Crippen molar-refractivity contribution in [2.24, 2.45) is 12.0 Å². The van der Waals surface area contributed by atoms with E-state index in [2.05, 4.69) is 26.0 Å². The van der Waals surface area contributed by atoms with Crippen molar-refractivity contribution in [2.45, 2.75) is 40.2 Å². The quantitative estimate of drug-likeness (QED) is 0.358. The summed E-state index contributed by atoms with van der Waals surface area (Å²) in [5, 5.41) is 14.4. The number of aryl methyl sites for hydroxylation is 2. The van der Waals surface area contributed by atoms with Gasteiger partial charge in [-0.2, -0.15) is 5.10 Å². The monoisotopic (exact) mass is 404 g/mol. The Kier molecular flexibility index (Phi) is 8.32. The Labute approximate surface area is 171 Å². The number of carbonyl (C=O) groups excluding carboxylic acids is 1. The number of halogens is 1. The van der Waals surface area contributed by atoms with Gasteiger partial charge in [-0.05, 0) is 51.5 Å². The van der Waals surface area contributed by atoms with E-state index in [0.29, 0.717) is 31.0 Å². The molecule has 0 saturated heterocycles. The van der Waals surface area contributed by atoms with Crippen LogP contribution in [-0.4, -0.2) is 34.7 Å². The summed E-state index contributed by atoms with van der Waals surface area (Å²) in [6.07, 6.45) is 1.13. The molecule has 3 N–H and O–H groups in total. The third-order valence-corrected chi connectivity index (χ3v) is 4.65. The number of hydrogen-bond donors (Lipinski definition) is 3. The SMILES string of the molecule is CCNC(=NCc1c(C)nn(C)c1C)NCCCC(=O)Nc1ccc(Cl)cc1. The van der Waals surface area contributed by atoms with Gasteiger partial charge in [-0.15, -0.1) is 0 Å². The number of aliphatic imine (C=N–C) groups is 1. The van der Waals surface area contributed by atoms with Crippen LogP contribution in [0.5, 0.6) is 0 Å². The summed E-state index contributed by atoms with van der Waals surface area (Å²) in [4.78, 5) is 16.7. The Bertz CT molecular complexity index is 813. The first kappa shape index (κ1) is 21.8. The maximum Gasteiger partial charge on any atom is 0.224 e. The number of aromatic nitrogens is 2. The normalized spacial score (nSPS) is 11.4. The third kappa shape index (κ3) is 6.56. The number of nitrogens with one attached hydrogen (secondary N) is 3. The van der Waals surface area contributed by atoms with Gasteiger partial charge in [-0.3, -0.25) is 9.48 Å². The Morgan fingerprint density at radius 2 is 1.93 bits per heavy atom. The zero-order valence-corrected chi connectivity index (χ0v) is 17.7. The van der Waals surface area contributed by atoms with Gasteiger partial charge in [0.15, 0.2) is 5.96 Å². The minimum absolute atomic E-state index is 0.0207. The van der Waals surface area contributed by atoms with Crippen LogP contribution in [0, 0.1) is 13.8 Å². The molecule has 1 aromatic carbocycles. The van der Waals surface area contributed by atoms with E-state index in [0.717, 1.165) is 35.1 Å². The molecule has 0 aliphatic carbocycles. The summed E-state index contributed by atoms with van der Waals surface area (Å²) in [6, 6.07) is 7.08. The molecule has 8 heteroatoms. The van der Waals surface area contributed by atoms with Gasteiger partial charge in [0, 0.05) is 48.5 Å². The van der Waals surface area contributed by atoms with Crippen LogP contribution in [0.4, 0.5) is 5.69 Å². The molecule has 0 saturated carbocycles. The number of hydrogen-bond acceptors (Lipinski definition) is 3. The van der Waals surface area contributed by atoms with Crippen molar-refractivity contribution in [3.8, 4) is 0 Å². The zero-order chi connectivity index (χ0) is 20.5. The Hall–Kier alpha value is -2.54. The summed E-state index contributed by atoms with van der Waals surface area (Å²) >= 11 is 5.85. The van der Waals surface area contributed by atoms with Gasteiger partial charge in [0.05, 0.1) is 12.2 Å². The van der Waals surface area contributed by atoms with Crippen LogP contribution in [0.3, 0.4) is 0 Å². The summed E-state index contributed by atoms with van der Waals surface area (Å²) in [5.74, 6) is 0.718. The predicted octanol–water partition coefficient (Wildman–Crippen LogP) is 3.16. The Balaban J connectivity index is 1.79. The number of amides is 1. The van der Waals surface area contributed by atoms with E-state index >= 15 is 0 Å². The molecule has 28 heavy (non-hydrogen) atoms. The number of carbonyl (C=O) groups is 1. The summed E-state index contributed by atoms with van der Waals surface area (Å²) in [6.45, 7) is 8.07. The molecule has 152 valence electrons. The van der Waals surface area contributed by atoms with Crippen LogP contribution >= 0.6 is 11.6 Å². The van der Waals surface area contributed by atoms with Crippen molar-refractivity contribution >= 4 is 29.2 Å². The fourth-order valence-electron chi connectivity index (χ4n) is 2.76. The average Bonchev–Trinajstić information content (AvgIpc) is 2.90. The number of benzene rings is 1. The van der Waals surface area contributed by atoms with Crippen LogP contribution in [0.2, 0.25) is 5.02 Å². The smallest absolute Gasteiger partial charge is 0.224 e. The topological polar surface area (TPSA) is 83.3 Å². The second kappa shape index (κ2) is 10.7. The van der Waals surface area contributed by atoms with E-state index in [4.69, 9.17) is 11.6 Å². The van der Waals surface area contributed by atoms with Crippen LogP contribution in [0.15, 0.2) is 29.3 Å². The van der Waals surface area contributed by atoms with E-state index < -0.39 is 0 Å². The highest BCUT2D eigenvalue weighted by molar-refractivity contribution is 6.30. The van der Waals surface area contributed by atoms with Gasteiger partial charge in [0.2, 0.25) is 5.91 Å². The number of rotatable bonds is 8. The molecule has 2 rings (SSSR count). The number of guanidine groups is 1. The summed E-state index contributed by atoms with van der Waals surface area (Å²) in [7, 11) is 1.94. The van der Waals surface area contributed by atoms with Crippen molar-refractivity contribution in [1.82, 2.24) is 20.4 Å². The molecule has 0 aliphatic heterocycles. The molecule has 0 aliphatic rings. The van der Waals surface area contributed by atoms with Crippen LogP contribution < -0.4 is 16.0 Å². The molecule has 0 radical (unpaired) electrons. The lowest BCUT2D eigenvalue weighted by Crippen LogP contribution is -2.38. The van der Waals surface area contributed by atoms with E-state index in [1.54, 1.807) is 24.3 Å². The molecular weight excluding hydrogens is 376 g/mol. The largest absolute Gasteiger partial charge is 0.357 e. The fraction of sp³-hybridized carbons (Fsp3) is 0.450. The van der Waals surface area contributed by atoms with Gasteiger partial charge in [0.1, 0.15) is 0 Å². The third-order valence-electron chi connectivity index (χ3n) is 4.40. The standard InChI is InChI=1S/C20H29ClN6O/c1-5-22-20(24-13-18-14(2)26-27(4)15(18)3)23-12-6-7-19(28)25-17-10-8-16(21)9-11-17/h8-11H,5-7,12-13H2,1-4H3,(H,25,28)(H2,22,23,24). The molecule has 1 heterocycles. The minimum Gasteiger partial charge on any atom is -0.357 e. The first-order valence-corrected chi connectivity index (χ1v) is 9.85. The highest BCUT2D eigenvalue weighted by Crippen LogP contribution is 2.14. The fourth-order valence-corrected chi connectivity index (χ4v) is 2.88. The van der Waals surface area contributed by atoms with Gasteiger partial charge >= 0.3 is 0 Å². The van der Waals surface area contributed by atoms with Crippen molar-refractivity contribution in [3.63, 3.8) is 0 Å². The van der Waals surface area contributed by atoms with Crippen molar-refractivity contribution in [1.29, 1.82) is 0 Å². The second-order valence-electron chi connectivity index (χ2n) is 6.55. The van der Waals surface area contributed by atoms with Gasteiger partial charge in [-0.25, -0.2) is 4.99 Å². The van der Waals surface area contributed by atoms with Crippen LogP contribution in [0.25, 0.3) is 0 Å². The predicted molar refractivity (Wildman–Crippen MR) is 115 cm³/mol. The second-order valence-corrected chi connectivity index (χ2v) is 6.99. The number of nitrogens with zero attached hydrogens (tertiary/aromatic N) is 3. The van der Waals surface area contributed by atoms with E-state index in [9.17, 15) is 4.79 Å². The lowest BCUT2D eigenvalue weighted by molar-refractivity contribution is -0.116. The number of anilines is 1. The van der Waals surface area contributed by atoms with Crippen molar-refractivity contribution in [3.05, 3.63) is 46.2 Å². The van der Waals surface area contributed by atoms with E-state index in [-0.39, 0.29) is 5.91 Å². The maximum atomic E-state index is 12.0. The molecule has 0 unspecified atom stereocenters. The Morgan fingerprint density at radius 3 is 2.54 bits per heavy atom. The van der Waals surface area contributed by atoms with Crippen molar-refractivity contribution < 1.29 is 4.79 Å². The van der Waals surface area contributed by atoms with Gasteiger partial charge in [-0.1, -0.05) is 11.6 Å². The highest BCUT2D eigenvalue weighted by atomic mass is 35.5. The molecule has 0 fully saturated rings. The lowest BCUT2D eigenvalue weighted by Gasteiger charge is -2.11. The molecular formula is C20H29ClN6O. The first-order chi connectivity index (χ1) is 13.4. The summed E-state index contributed by atoms with van der Waals surface area (Å²) < 4.78 is 1.87. The van der Waals surface area contributed by atoms with E-state index in [1.165, 1.54) is 0 Å². The van der Waals surface area contributed by atoms with Crippen LogP contribution in [0.1, 0.15) is 36.7 Å². The molecule has 1 amide bonds. The molecule has 1 aromatic heterocycles. The van der Waals surface area contributed by atoms with Crippen molar-refractivity contribution in [2.75, 3.05) is 18.4 Å². The average molecular weight is 405 g/mol. The molecule has 0 bridgehead atoms. The Morgan fingerprint density at radius 1 is 1.21 bits per heavy atom. The molecule has 7 nitrogen and oxygen atoms in total. The lowest BCUT2D eigenvalue weighted by atomic mass is 10.2. The zero-order valence-electron chi connectivity index (χ0n) is 17.0. The van der Waals surface area contributed by atoms with Gasteiger partial charge in [0.25, 0.3) is 0 Å².